The van der Waals surface area contributed by atoms with E-state index in [9.17, 15) is 5.26 Å². The van der Waals surface area contributed by atoms with Crippen LogP contribution in [0.25, 0.3) is 0 Å². The lowest BCUT2D eigenvalue weighted by Crippen LogP contribution is -2.42. The summed E-state index contributed by atoms with van der Waals surface area (Å²) in [6.07, 6.45) is 7.20. The third-order valence-electron chi connectivity index (χ3n) is 4.69. The molecule has 0 amide bonds. The number of ether oxygens (including phenoxy) is 1. The lowest BCUT2D eigenvalue weighted by atomic mass is 9.96. The molecule has 0 aromatic carbocycles. The van der Waals surface area contributed by atoms with Crippen molar-refractivity contribution in [3.05, 3.63) is 0 Å². The van der Waals surface area contributed by atoms with E-state index in [2.05, 4.69) is 30.3 Å². The Balaban J connectivity index is 1.63. The highest BCUT2D eigenvalue weighted by Crippen LogP contribution is 2.25. The van der Waals surface area contributed by atoms with E-state index in [1.165, 1.54) is 12.8 Å². The highest BCUT2D eigenvalue weighted by Gasteiger charge is 2.32. The highest BCUT2D eigenvalue weighted by molar-refractivity contribution is 5.06. The van der Waals surface area contributed by atoms with Crippen LogP contribution in [0.4, 0.5) is 0 Å². The van der Waals surface area contributed by atoms with Crippen molar-refractivity contribution in [2.75, 3.05) is 20.2 Å². The van der Waals surface area contributed by atoms with Crippen molar-refractivity contribution >= 4 is 0 Å². The molecule has 1 aliphatic heterocycles. The van der Waals surface area contributed by atoms with Crippen LogP contribution in [0.5, 0.6) is 0 Å². The number of unbranched alkanes of at least 4 members (excludes halogenated alkanes) is 1. The number of rotatable bonds is 8. The normalized spacial score (nSPS) is 29.4. The smallest absolute Gasteiger partial charge is 0.104 e. The Morgan fingerprint density at radius 1 is 1.35 bits per heavy atom. The van der Waals surface area contributed by atoms with Crippen LogP contribution in [-0.4, -0.2) is 48.8 Å². The van der Waals surface area contributed by atoms with Gasteiger partial charge in [-0.2, -0.15) is 5.26 Å². The van der Waals surface area contributed by atoms with E-state index in [4.69, 9.17) is 4.74 Å². The molecule has 1 saturated heterocycles. The summed E-state index contributed by atoms with van der Waals surface area (Å²) in [6.45, 7) is 6.21. The van der Waals surface area contributed by atoms with Gasteiger partial charge in [0.15, 0.2) is 0 Å². The van der Waals surface area contributed by atoms with Crippen molar-refractivity contribution in [3.8, 4) is 6.07 Å². The van der Waals surface area contributed by atoms with E-state index in [-0.39, 0.29) is 5.54 Å². The summed E-state index contributed by atoms with van der Waals surface area (Å²) in [7, 11) is 2.20. The van der Waals surface area contributed by atoms with E-state index in [0.29, 0.717) is 18.2 Å². The van der Waals surface area contributed by atoms with Crippen LogP contribution in [-0.2, 0) is 4.74 Å². The monoisotopic (exact) mass is 279 g/mol. The van der Waals surface area contributed by atoms with Crippen LogP contribution in [0.1, 0.15) is 52.4 Å². The predicted octanol–water partition coefficient (Wildman–Crippen LogP) is 2.30. The summed E-state index contributed by atoms with van der Waals surface area (Å²) in [5.74, 6) is 0. The minimum absolute atomic E-state index is 0.330. The topological polar surface area (TPSA) is 48.3 Å². The Morgan fingerprint density at radius 2 is 2.10 bits per heavy atom. The fourth-order valence-corrected chi connectivity index (χ4v) is 3.14. The second kappa shape index (κ2) is 6.89. The van der Waals surface area contributed by atoms with Crippen LogP contribution < -0.4 is 5.32 Å². The minimum Gasteiger partial charge on any atom is -0.377 e. The molecule has 0 aromatic heterocycles. The van der Waals surface area contributed by atoms with Crippen LogP contribution >= 0.6 is 0 Å². The molecule has 1 heterocycles. The van der Waals surface area contributed by atoms with Gasteiger partial charge in [0.05, 0.1) is 12.2 Å². The van der Waals surface area contributed by atoms with Crippen LogP contribution in [0.2, 0.25) is 0 Å². The molecule has 3 atom stereocenters. The molecule has 1 N–H and O–H groups in total. The molecule has 1 aliphatic carbocycles. The van der Waals surface area contributed by atoms with Crippen molar-refractivity contribution < 1.29 is 4.74 Å². The Bertz CT molecular complexity index is 350. The molecule has 0 bridgehead atoms. The summed E-state index contributed by atoms with van der Waals surface area (Å²) in [6, 6.07) is 3.62. The van der Waals surface area contributed by atoms with Gasteiger partial charge in [0.1, 0.15) is 5.54 Å². The first-order valence-electron chi connectivity index (χ1n) is 8.05. The van der Waals surface area contributed by atoms with Gasteiger partial charge in [0, 0.05) is 18.7 Å². The maximum atomic E-state index is 9.34. The van der Waals surface area contributed by atoms with Crippen molar-refractivity contribution in [1.29, 1.82) is 5.26 Å². The van der Waals surface area contributed by atoms with Gasteiger partial charge < -0.3 is 9.64 Å². The second-order valence-corrected chi connectivity index (χ2v) is 6.73. The third-order valence-corrected chi connectivity index (χ3v) is 4.69. The summed E-state index contributed by atoms with van der Waals surface area (Å²) < 4.78 is 5.62. The first-order valence-corrected chi connectivity index (χ1v) is 8.05. The van der Waals surface area contributed by atoms with Crippen molar-refractivity contribution in [3.63, 3.8) is 0 Å². The molecule has 0 aromatic rings. The lowest BCUT2D eigenvalue weighted by Gasteiger charge is -2.27. The molecule has 0 spiro atoms. The fourth-order valence-electron chi connectivity index (χ4n) is 3.14. The molecule has 3 unspecified atom stereocenters. The van der Waals surface area contributed by atoms with E-state index < -0.39 is 0 Å². The van der Waals surface area contributed by atoms with E-state index in [1.807, 2.05) is 6.92 Å². The first-order chi connectivity index (χ1) is 9.54. The molecular weight excluding hydrogens is 250 g/mol. The molecule has 4 heteroatoms. The summed E-state index contributed by atoms with van der Waals surface area (Å²) in [5.41, 5.74) is -0.330. The standard InChI is InChI=1S/C16H29N3O/c1-13-15(8-11-20-13)19(3)10-5-4-9-16(2,12-17)18-14-6-7-14/h13-15,18H,4-11H2,1-3H3. The number of nitrogens with one attached hydrogen (secondary N) is 1. The molecule has 2 aliphatic rings. The molecular formula is C16H29N3O. The zero-order valence-electron chi connectivity index (χ0n) is 13.2. The summed E-state index contributed by atoms with van der Waals surface area (Å²) >= 11 is 0. The van der Waals surface area contributed by atoms with Crippen LogP contribution in [0.15, 0.2) is 0 Å². The number of nitriles is 1. The van der Waals surface area contributed by atoms with Gasteiger partial charge in [-0.05, 0) is 66.0 Å². The van der Waals surface area contributed by atoms with Crippen molar-refractivity contribution in [1.82, 2.24) is 10.2 Å². The number of likely N-dealkylation sites (N-methyl/N-ethyl adjacent to an activating group) is 1. The van der Waals surface area contributed by atoms with E-state index in [1.54, 1.807) is 0 Å². The Hall–Kier alpha value is -0.630. The van der Waals surface area contributed by atoms with E-state index in [0.717, 1.165) is 38.8 Å². The third kappa shape index (κ3) is 4.44. The van der Waals surface area contributed by atoms with Gasteiger partial charge in [0.25, 0.3) is 0 Å². The Kier molecular flexibility index (Phi) is 5.42. The van der Waals surface area contributed by atoms with Crippen LogP contribution in [0.3, 0.4) is 0 Å². The zero-order chi connectivity index (χ0) is 14.6. The number of hydrogen-bond acceptors (Lipinski definition) is 4. The van der Waals surface area contributed by atoms with Gasteiger partial charge in [-0.15, -0.1) is 0 Å². The predicted molar refractivity (Wildman–Crippen MR) is 80.5 cm³/mol. The van der Waals surface area contributed by atoms with Crippen molar-refractivity contribution in [2.24, 2.45) is 0 Å². The maximum Gasteiger partial charge on any atom is 0.104 e. The van der Waals surface area contributed by atoms with Gasteiger partial charge in [-0.25, -0.2) is 0 Å². The quantitative estimate of drug-likeness (QED) is 0.693. The summed E-state index contributed by atoms with van der Waals surface area (Å²) in [4.78, 5) is 2.43. The average molecular weight is 279 g/mol. The molecule has 114 valence electrons. The van der Waals surface area contributed by atoms with E-state index >= 15 is 0 Å². The zero-order valence-corrected chi connectivity index (χ0v) is 13.2. The minimum atomic E-state index is -0.330. The molecule has 20 heavy (non-hydrogen) atoms. The van der Waals surface area contributed by atoms with Gasteiger partial charge in [-0.1, -0.05) is 0 Å². The van der Waals surface area contributed by atoms with Crippen LogP contribution in [0, 0.1) is 11.3 Å². The summed E-state index contributed by atoms with van der Waals surface area (Å²) in [5, 5.41) is 12.8. The number of nitrogens with zero attached hydrogens (tertiary/aromatic N) is 2. The highest BCUT2D eigenvalue weighted by atomic mass is 16.5. The molecule has 1 saturated carbocycles. The first kappa shape index (κ1) is 15.8. The molecule has 2 fully saturated rings. The molecule has 4 nitrogen and oxygen atoms in total. The van der Waals surface area contributed by atoms with Gasteiger partial charge in [0.2, 0.25) is 0 Å². The van der Waals surface area contributed by atoms with Gasteiger partial charge >= 0.3 is 0 Å². The van der Waals surface area contributed by atoms with Gasteiger partial charge in [-0.3, -0.25) is 5.32 Å². The Morgan fingerprint density at radius 3 is 2.65 bits per heavy atom. The largest absolute Gasteiger partial charge is 0.377 e. The maximum absolute atomic E-state index is 9.34. The Labute approximate surface area is 123 Å². The molecule has 0 radical (unpaired) electrons. The lowest BCUT2D eigenvalue weighted by molar-refractivity contribution is 0.0830. The van der Waals surface area contributed by atoms with Crippen molar-refractivity contribution in [2.45, 2.75) is 76.1 Å². The SMILES string of the molecule is CC1OCCC1N(C)CCCCC(C)(C#N)NC1CC1. The molecule has 2 rings (SSSR count). The number of hydrogen-bond donors (Lipinski definition) is 1. The fraction of sp³-hybridized carbons (Fsp3) is 0.938. The average Bonchev–Trinajstić information content (AvgIpc) is 3.13. The second-order valence-electron chi connectivity index (χ2n) is 6.73.